The summed E-state index contributed by atoms with van der Waals surface area (Å²) in [6, 6.07) is 0.374. The molecule has 0 heterocycles. The molecule has 0 saturated heterocycles. The molecule has 8 heteroatoms. The second kappa shape index (κ2) is 4.67. The van der Waals surface area contributed by atoms with Gasteiger partial charge in [0, 0.05) is 4.47 Å². The molecule has 1 rings (SSSR count). The third kappa shape index (κ3) is 2.99. The fraction of sp³-hybridized carbons (Fsp3) is 0.222. The van der Waals surface area contributed by atoms with Gasteiger partial charge in [-0.2, -0.15) is 13.2 Å². The maximum Gasteiger partial charge on any atom is 0.416 e. The standard InChI is InChI=1S/C9H3BrF6O/c10-4-1-3(9(14,15)16)2-5(11)6(4)7(17)8(12)13/h1-2,8H. The van der Waals surface area contributed by atoms with Crippen molar-refractivity contribution < 1.29 is 31.1 Å². The summed E-state index contributed by atoms with van der Waals surface area (Å²) in [5.74, 6) is -3.51. The molecule has 0 radical (unpaired) electrons. The third-order valence-corrected chi connectivity index (χ3v) is 2.44. The first-order valence-corrected chi connectivity index (χ1v) is 4.82. The molecule has 0 N–H and O–H groups in total. The van der Waals surface area contributed by atoms with Crippen LogP contribution in [0.4, 0.5) is 26.3 Å². The first-order valence-electron chi connectivity index (χ1n) is 4.03. The molecular weight excluding hydrogens is 318 g/mol. The molecule has 17 heavy (non-hydrogen) atoms. The van der Waals surface area contributed by atoms with Crippen molar-refractivity contribution in [3.8, 4) is 0 Å². The highest BCUT2D eigenvalue weighted by atomic mass is 79.9. The lowest BCUT2D eigenvalue weighted by Crippen LogP contribution is -2.15. The van der Waals surface area contributed by atoms with E-state index in [0.29, 0.717) is 6.07 Å². The molecule has 0 saturated carbocycles. The van der Waals surface area contributed by atoms with Crippen molar-refractivity contribution in [2.75, 3.05) is 0 Å². The molecule has 1 nitrogen and oxygen atoms in total. The number of benzene rings is 1. The lowest BCUT2D eigenvalue weighted by Gasteiger charge is -2.10. The average Bonchev–Trinajstić information content (AvgIpc) is 2.14. The Hall–Kier alpha value is -1.05. The summed E-state index contributed by atoms with van der Waals surface area (Å²) in [6.07, 6.45) is -8.31. The van der Waals surface area contributed by atoms with Crippen LogP contribution in [0.1, 0.15) is 15.9 Å². The number of Topliss-reactive ketones (excluding diaryl/α,β-unsaturated/α-hetero) is 1. The highest BCUT2D eigenvalue weighted by Gasteiger charge is 2.34. The van der Waals surface area contributed by atoms with Gasteiger partial charge in [-0.3, -0.25) is 4.79 Å². The molecule has 94 valence electrons. The Balaban J connectivity index is 3.35. The van der Waals surface area contributed by atoms with Crippen molar-refractivity contribution in [1.29, 1.82) is 0 Å². The van der Waals surface area contributed by atoms with Gasteiger partial charge in [-0.05, 0) is 28.1 Å². The number of carbonyl (C=O) groups excluding carboxylic acids is 1. The van der Waals surface area contributed by atoms with Crippen molar-refractivity contribution in [2.45, 2.75) is 12.6 Å². The van der Waals surface area contributed by atoms with Gasteiger partial charge in [0.05, 0.1) is 11.1 Å². The first-order chi connectivity index (χ1) is 7.64. The van der Waals surface area contributed by atoms with Gasteiger partial charge < -0.3 is 0 Å². The van der Waals surface area contributed by atoms with Crippen LogP contribution in [0.5, 0.6) is 0 Å². The molecule has 1 aromatic rings. The molecular formula is C9H3BrF6O. The predicted molar refractivity (Wildman–Crippen MR) is 49.4 cm³/mol. The number of hydrogen-bond acceptors (Lipinski definition) is 1. The van der Waals surface area contributed by atoms with E-state index in [4.69, 9.17) is 0 Å². The van der Waals surface area contributed by atoms with Crippen LogP contribution in [0.25, 0.3) is 0 Å². The Morgan fingerprint density at radius 3 is 2.12 bits per heavy atom. The number of ketones is 1. The highest BCUT2D eigenvalue weighted by Crippen LogP contribution is 2.34. The minimum Gasteiger partial charge on any atom is -0.288 e. The van der Waals surface area contributed by atoms with Crippen LogP contribution in [-0.4, -0.2) is 12.2 Å². The fourth-order valence-electron chi connectivity index (χ4n) is 1.08. The van der Waals surface area contributed by atoms with Crippen LogP contribution in [0.3, 0.4) is 0 Å². The van der Waals surface area contributed by atoms with E-state index < -0.39 is 39.8 Å². The molecule has 0 aliphatic rings. The Bertz CT molecular complexity index is 430. The maximum absolute atomic E-state index is 13.2. The van der Waals surface area contributed by atoms with Gasteiger partial charge >= 0.3 is 12.6 Å². The van der Waals surface area contributed by atoms with E-state index >= 15 is 0 Å². The lowest BCUT2D eigenvalue weighted by atomic mass is 10.1. The van der Waals surface area contributed by atoms with Crippen LogP contribution in [0, 0.1) is 5.82 Å². The Morgan fingerprint density at radius 2 is 1.76 bits per heavy atom. The Kier molecular flexibility index (Phi) is 3.85. The van der Waals surface area contributed by atoms with Crippen LogP contribution in [0.15, 0.2) is 16.6 Å². The zero-order valence-electron chi connectivity index (χ0n) is 7.79. The summed E-state index contributed by atoms with van der Waals surface area (Å²) in [7, 11) is 0. The third-order valence-electron chi connectivity index (χ3n) is 1.81. The minimum atomic E-state index is -4.82. The van der Waals surface area contributed by atoms with Crippen molar-refractivity contribution in [2.24, 2.45) is 0 Å². The predicted octanol–water partition coefficient (Wildman–Crippen LogP) is 4.05. The molecule has 0 fully saturated rings. The Morgan fingerprint density at radius 1 is 1.24 bits per heavy atom. The molecule has 0 spiro atoms. The van der Waals surface area contributed by atoms with E-state index in [2.05, 4.69) is 15.9 Å². The van der Waals surface area contributed by atoms with Crippen molar-refractivity contribution in [3.05, 3.63) is 33.5 Å². The lowest BCUT2D eigenvalue weighted by molar-refractivity contribution is -0.137. The van der Waals surface area contributed by atoms with E-state index in [-0.39, 0.29) is 6.07 Å². The van der Waals surface area contributed by atoms with E-state index in [1.54, 1.807) is 0 Å². The smallest absolute Gasteiger partial charge is 0.288 e. The van der Waals surface area contributed by atoms with Crippen LogP contribution >= 0.6 is 15.9 Å². The molecule has 0 bridgehead atoms. The van der Waals surface area contributed by atoms with E-state index in [1.807, 2.05) is 0 Å². The molecule has 1 aromatic carbocycles. The number of hydrogen-bond donors (Lipinski definition) is 0. The first kappa shape index (κ1) is 14.0. The van der Waals surface area contributed by atoms with Crippen LogP contribution in [0.2, 0.25) is 0 Å². The summed E-state index contributed by atoms with van der Waals surface area (Å²) >= 11 is 2.47. The summed E-state index contributed by atoms with van der Waals surface area (Å²) in [5, 5.41) is 0. The van der Waals surface area contributed by atoms with Gasteiger partial charge in [-0.1, -0.05) is 0 Å². The molecule has 0 aromatic heterocycles. The number of carbonyl (C=O) groups is 1. The largest absolute Gasteiger partial charge is 0.416 e. The van der Waals surface area contributed by atoms with E-state index in [1.165, 1.54) is 0 Å². The zero-order valence-corrected chi connectivity index (χ0v) is 9.37. The van der Waals surface area contributed by atoms with Gasteiger partial charge in [-0.15, -0.1) is 0 Å². The second-order valence-corrected chi connectivity index (χ2v) is 3.83. The average molecular weight is 321 g/mol. The van der Waals surface area contributed by atoms with E-state index in [0.717, 1.165) is 0 Å². The van der Waals surface area contributed by atoms with Crippen LogP contribution < -0.4 is 0 Å². The molecule has 0 aliphatic carbocycles. The van der Waals surface area contributed by atoms with Gasteiger partial charge in [0.15, 0.2) is 0 Å². The van der Waals surface area contributed by atoms with E-state index in [9.17, 15) is 31.1 Å². The molecule has 0 amide bonds. The zero-order chi connectivity index (χ0) is 13.4. The van der Waals surface area contributed by atoms with Crippen molar-refractivity contribution in [3.63, 3.8) is 0 Å². The van der Waals surface area contributed by atoms with Crippen molar-refractivity contribution >= 4 is 21.7 Å². The summed E-state index contributed by atoms with van der Waals surface area (Å²) in [4.78, 5) is 10.8. The van der Waals surface area contributed by atoms with Gasteiger partial charge in [0.2, 0.25) is 5.78 Å². The topological polar surface area (TPSA) is 17.1 Å². The van der Waals surface area contributed by atoms with Crippen LogP contribution in [-0.2, 0) is 6.18 Å². The SMILES string of the molecule is O=C(c1c(F)cc(C(F)(F)F)cc1Br)C(F)F. The highest BCUT2D eigenvalue weighted by molar-refractivity contribution is 9.10. The maximum atomic E-state index is 13.2. The molecule has 0 unspecified atom stereocenters. The number of alkyl halides is 5. The normalized spacial score (nSPS) is 12.0. The van der Waals surface area contributed by atoms with Gasteiger partial charge in [-0.25, -0.2) is 13.2 Å². The molecule has 0 atom stereocenters. The number of halogens is 7. The monoisotopic (exact) mass is 320 g/mol. The fourth-order valence-corrected chi connectivity index (χ4v) is 1.71. The molecule has 0 aliphatic heterocycles. The quantitative estimate of drug-likeness (QED) is 0.593. The number of rotatable bonds is 2. The summed E-state index contributed by atoms with van der Waals surface area (Å²) < 4.78 is 73.3. The summed E-state index contributed by atoms with van der Waals surface area (Å²) in [6.45, 7) is 0. The second-order valence-electron chi connectivity index (χ2n) is 2.98. The Labute approximate surface area is 99.5 Å². The minimum absolute atomic E-state index is 0.000370. The van der Waals surface area contributed by atoms with Crippen molar-refractivity contribution in [1.82, 2.24) is 0 Å². The van der Waals surface area contributed by atoms with Gasteiger partial charge in [0.1, 0.15) is 5.82 Å². The van der Waals surface area contributed by atoms with Gasteiger partial charge in [0.25, 0.3) is 0 Å². The summed E-state index contributed by atoms with van der Waals surface area (Å²) in [5.41, 5.74) is -2.46.